The summed E-state index contributed by atoms with van der Waals surface area (Å²) in [4.78, 5) is 0. The minimum Gasteiger partial charge on any atom is -0.333 e. The Balaban J connectivity index is 0. The molecule has 12 heavy (non-hydrogen) atoms. The number of hydrogen-bond acceptors (Lipinski definition) is 1. The van der Waals surface area contributed by atoms with Gasteiger partial charge in [-0.25, -0.2) is 0 Å². The Morgan fingerprint density at radius 1 is 1.00 bits per heavy atom. The molecule has 0 bridgehead atoms. The molecular formula is C11H19N. The minimum absolute atomic E-state index is 1.34. The molecular weight excluding hydrogens is 146 g/mol. The van der Waals surface area contributed by atoms with Gasteiger partial charge in [-0.3, -0.25) is 0 Å². The van der Waals surface area contributed by atoms with Gasteiger partial charge in [0.15, 0.2) is 0 Å². The van der Waals surface area contributed by atoms with E-state index in [9.17, 15) is 0 Å². The molecule has 0 aliphatic carbocycles. The quantitative estimate of drug-likeness (QED) is 0.588. The average Bonchev–Trinajstić information content (AvgIpc) is 2.11. The van der Waals surface area contributed by atoms with Gasteiger partial charge >= 0.3 is 0 Å². The van der Waals surface area contributed by atoms with E-state index in [4.69, 9.17) is 0 Å². The lowest BCUT2D eigenvalue weighted by atomic mass is 10.2. The van der Waals surface area contributed by atoms with E-state index in [-0.39, 0.29) is 0 Å². The van der Waals surface area contributed by atoms with Crippen molar-refractivity contribution in [3.05, 3.63) is 48.6 Å². The smallest absolute Gasteiger partial charge is 0.0195 e. The largest absolute Gasteiger partial charge is 0.333 e. The average molecular weight is 165 g/mol. The van der Waals surface area contributed by atoms with Crippen molar-refractivity contribution in [1.82, 2.24) is 0 Å². The summed E-state index contributed by atoms with van der Waals surface area (Å²) in [5.74, 6) is 0. The molecule has 0 saturated heterocycles. The van der Waals surface area contributed by atoms with E-state index in [0.29, 0.717) is 0 Å². The fourth-order valence-electron chi connectivity index (χ4n) is 0.807. The summed E-state index contributed by atoms with van der Waals surface area (Å²) in [5, 5.41) is 0. The summed E-state index contributed by atoms with van der Waals surface area (Å²) < 4.78 is 0. The van der Waals surface area contributed by atoms with Gasteiger partial charge in [0, 0.05) is 0 Å². The monoisotopic (exact) mass is 165 g/mol. The fraction of sp³-hybridized carbons (Fsp3) is 0.273. The Morgan fingerprint density at radius 3 is 1.50 bits per heavy atom. The minimum atomic E-state index is 1.34. The third-order valence-corrected chi connectivity index (χ3v) is 1.17. The number of rotatable bonds is 0. The summed E-state index contributed by atoms with van der Waals surface area (Å²) in [5.41, 5.74) is 7.18. The van der Waals surface area contributed by atoms with Crippen LogP contribution in [0.3, 0.4) is 0 Å². The highest BCUT2D eigenvalue weighted by atomic mass is 14.4. The van der Waals surface area contributed by atoms with E-state index < -0.39 is 0 Å². The van der Waals surface area contributed by atoms with Gasteiger partial charge in [-0.05, 0) is 20.9 Å². The summed E-state index contributed by atoms with van der Waals surface area (Å²) in [7, 11) is 1.50. The molecule has 1 heteroatoms. The molecule has 2 N–H and O–H groups in total. The highest BCUT2D eigenvalue weighted by molar-refractivity contribution is 5.20. The Morgan fingerprint density at radius 2 is 1.33 bits per heavy atom. The second-order valence-corrected chi connectivity index (χ2v) is 2.16. The van der Waals surface area contributed by atoms with Crippen molar-refractivity contribution >= 4 is 0 Å². The molecule has 0 atom stereocenters. The van der Waals surface area contributed by atoms with Gasteiger partial charge in [-0.2, -0.15) is 0 Å². The third-order valence-electron chi connectivity index (χ3n) is 1.17. The summed E-state index contributed by atoms with van der Waals surface area (Å²) in [6.45, 7) is 10.2. The van der Waals surface area contributed by atoms with Crippen molar-refractivity contribution in [3.8, 4) is 0 Å². The maximum Gasteiger partial charge on any atom is -0.0195 e. The van der Waals surface area contributed by atoms with Crippen LogP contribution in [-0.4, -0.2) is 7.05 Å². The zero-order valence-electron chi connectivity index (χ0n) is 8.30. The molecule has 1 aromatic rings. The highest BCUT2D eigenvalue weighted by Crippen LogP contribution is 2.00. The third kappa shape index (κ3) is 7.03. The maximum absolute atomic E-state index is 4.50. The predicted molar refractivity (Wildman–Crippen MR) is 57.3 cm³/mol. The lowest BCUT2D eigenvalue weighted by Gasteiger charge is -1.90. The first-order valence-corrected chi connectivity index (χ1v) is 3.90. The van der Waals surface area contributed by atoms with Gasteiger partial charge < -0.3 is 5.73 Å². The van der Waals surface area contributed by atoms with E-state index in [1.807, 2.05) is 0 Å². The molecule has 0 radical (unpaired) electrons. The second-order valence-electron chi connectivity index (χ2n) is 2.16. The lowest BCUT2D eigenvalue weighted by Crippen LogP contribution is -1.71. The van der Waals surface area contributed by atoms with Crippen molar-refractivity contribution in [2.45, 2.75) is 13.8 Å². The van der Waals surface area contributed by atoms with Crippen molar-refractivity contribution in [1.29, 1.82) is 0 Å². The Bertz CT molecular complexity index is 177. The molecule has 1 nitrogen and oxygen atoms in total. The van der Waals surface area contributed by atoms with Crippen LogP contribution in [0.1, 0.15) is 11.1 Å². The van der Waals surface area contributed by atoms with Crippen molar-refractivity contribution < 1.29 is 0 Å². The molecule has 0 heterocycles. The van der Waals surface area contributed by atoms with Crippen LogP contribution in [0.25, 0.3) is 0 Å². The van der Waals surface area contributed by atoms with Crippen molar-refractivity contribution in [2.24, 2.45) is 5.73 Å². The molecule has 0 fully saturated rings. The van der Waals surface area contributed by atoms with Crippen LogP contribution in [0.5, 0.6) is 0 Å². The summed E-state index contributed by atoms with van der Waals surface area (Å²) >= 11 is 0. The van der Waals surface area contributed by atoms with E-state index in [0.717, 1.165) is 0 Å². The van der Waals surface area contributed by atoms with Crippen LogP contribution in [0.4, 0.5) is 0 Å². The van der Waals surface area contributed by atoms with Crippen LogP contribution >= 0.6 is 0 Å². The Hall–Kier alpha value is -1.08. The molecule has 0 amide bonds. The van der Waals surface area contributed by atoms with Crippen LogP contribution in [0.2, 0.25) is 0 Å². The molecule has 0 aliphatic rings. The first kappa shape index (κ1) is 13.5. The van der Waals surface area contributed by atoms with Gasteiger partial charge in [0.1, 0.15) is 0 Å². The molecule has 68 valence electrons. The molecule has 1 rings (SSSR count). The van der Waals surface area contributed by atoms with Crippen molar-refractivity contribution in [2.75, 3.05) is 7.05 Å². The molecule has 0 unspecified atom stereocenters. The maximum atomic E-state index is 4.50. The van der Waals surface area contributed by atoms with Crippen LogP contribution in [-0.2, 0) is 0 Å². The zero-order valence-corrected chi connectivity index (χ0v) is 8.30. The topological polar surface area (TPSA) is 26.0 Å². The number of benzene rings is 1. The van der Waals surface area contributed by atoms with E-state index in [1.165, 1.54) is 18.2 Å². The highest BCUT2D eigenvalue weighted by Gasteiger charge is 1.80. The molecule has 0 saturated carbocycles. The van der Waals surface area contributed by atoms with Gasteiger partial charge in [-0.15, -0.1) is 13.2 Å². The summed E-state index contributed by atoms with van der Waals surface area (Å²) in [6, 6.07) is 8.45. The Kier molecular flexibility index (Phi) is 11.2. The molecule has 0 spiro atoms. The summed E-state index contributed by atoms with van der Waals surface area (Å²) in [6.07, 6.45) is 0. The van der Waals surface area contributed by atoms with Crippen LogP contribution in [0, 0.1) is 13.8 Å². The van der Waals surface area contributed by atoms with E-state index >= 15 is 0 Å². The molecule has 0 aromatic heterocycles. The Labute approximate surface area is 75.9 Å². The standard InChI is InChI=1S/C8H10.C2H4.CH5N/c1-7-4-3-5-8(2)6-7;2*1-2/h3-6H,1-2H3;1-2H2;2H2,1H3. The second kappa shape index (κ2) is 9.92. The molecule has 1 aromatic carbocycles. The first-order valence-electron chi connectivity index (χ1n) is 3.90. The van der Waals surface area contributed by atoms with E-state index in [2.05, 4.69) is 57.0 Å². The SMILES string of the molecule is C=C.CN.Cc1cccc(C)c1. The normalized spacial score (nSPS) is 7.00. The lowest BCUT2D eigenvalue weighted by molar-refractivity contribution is 1.39. The van der Waals surface area contributed by atoms with E-state index in [1.54, 1.807) is 0 Å². The van der Waals surface area contributed by atoms with Gasteiger partial charge in [0.05, 0.1) is 0 Å². The van der Waals surface area contributed by atoms with Crippen molar-refractivity contribution in [3.63, 3.8) is 0 Å². The predicted octanol–water partition coefficient (Wildman–Crippen LogP) is 2.68. The van der Waals surface area contributed by atoms with Gasteiger partial charge in [0.25, 0.3) is 0 Å². The van der Waals surface area contributed by atoms with Gasteiger partial charge in [0.2, 0.25) is 0 Å². The first-order chi connectivity index (χ1) is 5.79. The number of aryl methyl sites for hydroxylation is 2. The fourth-order valence-corrected chi connectivity index (χ4v) is 0.807. The van der Waals surface area contributed by atoms with Crippen LogP contribution in [0.15, 0.2) is 37.4 Å². The number of hydrogen-bond donors (Lipinski definition) is 1. The molecule has 0 aliphatic heterocycles. The van der Waals surface area contributed by atoms with Gasteiger partial charge in [-0.1, -0.05) is 35.4 Å². The zero-order chi connectivity index (χ0) is 9.98. The number of nitrogens with two attached hydrogens (primary N) is 1. The van der Waals surface area contributed by atoms with Crippen LogP contribution < -0.4 is 5.73 Å².